The number of rotatable bonds is 8. The van der Waals surface area contributed by atoms with E-state index in [0.717, 1.165) is 28.1 Å². The molecule has 0 aliphatic heterocycles. The lowest BCUT2D eigenvalue weighted by Gasteiger charge is -2.13. The first-order chi connectivity index (χ1) is 17.1. The molecule has 3 aromatic carbocycles. The molecule has 1 aromatic heterocycles. The van der Waals surface area contributed by atoms with Gasteiger partial charge in [0.1, 0.15) is 22.6 Å². The van der Waals surface area contributed by atoms with Crippen LogP contribution in [0.25, 0.3) is 22.4 Å². The number of hydrogen-bond acceptors (Lipinski definition) is 6. The number of thioether (sulfide) groups is 1. The third kappa shape index (κ3) is 5.62. The van der Waals surface area contributed by atoms with Gasteiger partial charge in [-0.25, -0.2) is 4.98 Å². The molecule has 6 nitrogen and oxygen atoms in total. The molecule has 0 atom stereocenters. The maximum absolute atomic E-state index is 12.7. The van der Waals surface area contributed by atoms with Gasteiger partial charge in [-0.3, -0.25) is 4.79 Å². The summed E-state index contributed by atoms with van der Waals surface area (Å²) in [5.41, 5.74) is 4.27. The Kier molecular flexibility index (Phi) is 7.66. The van der Waals surface area contributed by atoms with E-state index in [1.807, 2.05) is 72.8 Å². The summed E-state index contributed by atoms with van der Waals surface area (Å²) in [4.78, 5) is 17.5. The summed E-state index contributed by atoms with van der Waals surface area (Å²) < 4.78 is 10.6. The summed E-state index contributed by atoms with van der Waals surface area (Å²) in [5.74, 6) is 1.17. The third-order valence-electron chi connectivity index (χ3n) is 5.29. The number of methoxy groups -OCH3 is 2. The zero-order chi connectivity index (χ0) is 24.6. The van der Waals surface area contributed by atoms with Gasteiger partial charge in [0, 0.05) is 11.1 Å². The molecule has 0 fully saturated rings. The molecular weight excluding hydrogens is 458 g/mol. The number of nitriles is 1. The second kappa shape index (κ2) is 11.2. The molecule has 0 bridgehead atoms. The van der Waals surface area contributed by atoms with E-state index in [4.69, 9.17) is 14.5 Å². The van der Waals surface area contributed by atoms with Crippen LogP contribution in [0.2, 0.25) is 0 Å². The Labute approximate surface area is 208 Å². The van der Waals surface area contributed by atoms with Crippen LogP contribution < -0.4 is 14.8 Å². The SMILES string of the molecule is COc1ccc(-c2cc(-c3ccccc3)nc(SCC(=O)Nc3ccccc3OC)c2C#N)cc1. The van der Waals surface area contributed by atoms with Crippen molar-refractivity contribution < 1.29 is 14.3 Å². The number of amides is 1. The number of anilines is 1. The van der Waals surface area contributed by atoms with Crippen LogP contribution in [0.1, 0.15) is 5.56 Å². The van der Waals surface area contributed by atoms with Crippen molar-refractivity contribution in [2.75, 3.05) is 25.3 Å². The highest BCUT2D eigenvalue weighted by Crippen LogP contribution is 2.35. The third-order valence-corrected chi connectivity index (χ3v) is 6.27. The minimum Gasteiger partial charge on any atom is -0.497 e. The molecule has 4 aromatic rings. The van der Waals surface area contributed by atoms with Crippen molar-refractivity contribution in [3.05, 3.63) is 90.5 Å². The molecule has 7 heteroatoms. The smallest absolute Gasteiger partial charge is 0.234 e. The van der Waals surface area contributed by atoms with E-state index in [-0.39, 0.29) is 11.7 Å². The molecule has 1 heterocycles. The number of nitrogens with zero attached hydrogens (tertiary/aromatic N) is 2. The number of ether oxygens (including phenoxy) is 2. The van der Waals surface area contributed by atoms with Crippen LogP contribution in [0.15, 0.2) is 90.0 Å². The van der Waals surface area contributed by atoms with Crippen LogP contribution in [0.4, 0.5) is 5.69 Å². The summed E-state index contributed by atoms with van der Waals surface area (Å²) in [6.07, 6.45) is 0. The van der Waals surface area contributed by atoms with Gasteiger partial charge >= 0.3 is 0 Å². The van der Waals surface area contributed by atoms with Crippen LogP contribution in [0.5, 0.6) is 11.5 Å². The van der Waals surface area contributed by atoms with Crippen LogP contribution in [-0.4, -0.2) is 30.9 Å². The van der Waals surface area contributed by atoms with Crippen molar-refractivity contribution in [1.29, 1.82) is 5.26 Å². The van der Waals surface area contributed by atoms with Crippen LogP contribution >= 0.6 is 11.8 Å². The average molecular weight is 482 g/mol. The van der Waals surface area contributed by atoms with Gasteiger partial charge in [0.05, 0.1) is 36.9 Å². The zero-order valence-electron chi connectivity index (χ0n) is 19.3. The second-order valence-electron chi connectivity index (χ2n) is 7.48. The Morgan fingerprint density at radius 3 is 2.34 bits per heavy atom. The number of pyridine rings is 1. The molecule has 0 saturated carbocycles. The average Bonchev–Trinajstić information content (AvgIpc) is 2.92. The predicted octanol–water partition coefficient (Wildman–Crippen LogP) is 6.04. The fraction of sp³-hybridized carbons (Fsp3) is 0.107. The number of hydrogen-bond donors (Lipinski definition) is 1. The number of carbonyl (C=O) groups is 1. The molecule has 1 N–H and O–H groups in total. The topological polar surface area (TPSA) is 84.2 Å². The van der Waals surface area contributed by atoms with Gasteiger partial charge in [0.2, 0.25) is 5.91 Å². The van der Waals surface area contributed by atoms with Crippen LogP contribution in [0.3, 0.4) is 0 Å². The van der Waals surface area contributed by atoms with E-state index < -0.39 is 0 Å². The first kappa shape index (κ1) is 23.9. The Balaban J connectivity index is 1.68. The Bertz CT molecular complexity index is 1370. The highest BCUT2D eigenvalue weighted by atomic mass is 32.2. The van der Waals surface area contributed by atoms with Gasteiger partial charge in [0.15, 0.2) is 0 Å². The second-order valence-corrected chi connectivity index (χ2v) is 8.44. The van der Waals surface area contributed by atoms with Crippen molar-refractivity contribution in [2.45, 2.75) is 5.03 Å². The quantitative estimate of drug-likeness (QED) is 0.309. The van der Waals surface area contributed by atoms with E-state index >= 15 is 0 Å². The summed E-state index contributed by atoms with van der Waals surface area (Å²) in [6, 6.07) is 28.7. The van der Waals surface area contributed by atoms with E-state index in [0.29, 0.717) is 22.0 Å². The van der Waals surface area contributed by atoms with Crippen molar-refractivity contribution in [3.8, 4) is 40.0 Å². The Morgan fingerprint density at radius 1 is 0.943 bits per heavy atom. The maximum Gasteiger partial charge on any atom is 0.234 e. The Morgan fingerprint density at radius 2 is 1.66 bits per heavy atom. The lowest BCUT2D eigenvalue weighted by molar-refractivity contribution is -0.113. The van der Waals surface area contributed by atoms with E-state index in [2.05, 4.69) is 11.4 Å². The fourth-order valence-electron chi connectivity index (χ4n) is 3.56. The molecule has 35 heavy (non-hydrogen) atoms. The summed E-state index contributed by atoms with van der Waals surface area (Å²) in [6.45, 7) is 0. The molecule has 1 amide bonds. The van der Waals surface area contributed by atoms with E-state index in [1.54, 1.807) is 26.4 Å². The minimum atomic E-state index is -0.221. The summed E-state index contributed by atoms with van der Waals surface area (Å²) in [7, 11) is 3.17. The number of para-hydroxylation sites is 2. The molecule has 0 spiro atoms. The Hall–Kier alpha value is -4.28. The van der Waals surface area contributed by atoms with Crippen molar-refractivity contribution in [2.24, 2.45) is 0 Å². The monoisotopic (exact) mass is 481 g/mol. The molecular formula is C28H23N3O3S. The first-order valence-electron chi connectivity index (χ1n) is 10.8. The van der Waals surface area contributed by atoms with Crippen molar-refractivity contribution in [1.82, 2.24) is 4.98 Å². The molecule has 4 rings (SSSR count). The molecule has 174 valence electrons. The van der Waals surface area contributed by atoms with E-state index in [9.17, 15) is 10.1 Å². The van der Waals surface area contributed by atoms with Crippen LogP contribution in [0, 0.1) is 11.3 Å². The first-order valence-corrected chi connectivity index (χ1v) is 11.8. The van der Waals surface area contributed by atoms with Gasteiger partial charge in [-0.15, -0.1) is 0 Å². The lowest BCUT2D eigenvalue weighted by atomic mass is 9.99. The molecule has 0 aliphatic rings. The summed E-state index contributed by atoms with van der Waals surface area (Å²) in [5, 5.41) is 13.4. The van der Waals surface area contributed by atoms with E-state index in [1.165, 1.54) is 11.8 Å². The van der Waals surface area contributed by atoms with Gasteiger partial charge in [-0.05, 0) is 35.9 Å². The van der Waals surface area contributed by atoms with Gasteiger partial charge in [0.25, 0.3) is 0 Å². The van der Waals surface area contributed by atoms with Gasteiger partial charge in [-0.2, -0.15) is 5.26 Å². The summed E-state index contributed by atoms with van der Waals surface area (Å²) >= 11 is 1.23. The molecule has 0 unspecified atom stereocenters. The van der Waals surface area contributed by atoms with Crippen LogP contribution in [-0.2, 0) is 4.79 Å². The number of benzene rings is 3. The molecule has 0 saturated heterocycles. The number of carbonyl (C=O) groups excluding carboxylic acids is 1. The molecule has 0 aliphatic carbocycles. The predicted molar refractivity (Wildman–Crippen MR) is 139 cm³/mol. The van der Waals surface area contributed by atoms with Gasteiger partial charge < -0.3 is 14.8 Å². The largest absolute Gasteiger partial charge is 0.497 e. The highest BCUT2D eigenvalue weighted by molar-refractivity contribution is 8.00. The lowest BCUT2D eigenvalue weighted by Crippen LogP contribution is -2.15. The standard InChI is InChI=1S/C28H23N3O3S/c1-33-21-14-12-19(13-15-21)22-16-25(20-8-4-3-5-9-20)31-28(23(22)17-29)35-18-27(32)30-24-10-6-7-11-26(24)34-2/h3-16H,18H2,1-2H3,(H,30,32). The molecule has 0 radical (unpaired) electrons. The zero-order valence-corrected chi connectivity index (χ0v) is 20.1. The minimum absolute atomic E-state index is 0.0834. The number of nitrogens with one attached hydrogen (secondary N) is 1. The van der Waals surface area contributed by atoms with Gasteiger partial charge in [-0.1, -0.05) is 66.4 Å². The number of aromatic nitrogens is 1. The van der Waals surface area contributed by atoms with Crippen molar-refractivity contribution >= 4 is 23.4 Å². The fourth-order valence-corrected chi connectivity index (χ4v) is 4.36. The normalized spacial score (nSPS) is 10.3. The van der Waals surface area contributed by atoms with Crippen molar-refractivity contribution in [3.63, 3.8) is 0 Å². The highest BCUT2D eigenvalue weighted by Gasteiger charge is 2.17. The maximum atomic E-state index is 12.7.